The van der Waals surface area contributed by atoms with Crippen LogP contribution in [-0.4, -0.2) is 42.1 Å². The van der Waals surface area contributed by atoms with E-state index in [-0.39, 0.29) is 5.97 Å². The second-order valence-electron chi connectivity index (χ2n) is 4.59. The molecule has 1 aliphatic rings. The Balaban J connectivity index is 2.66. The van der Waals surface area contributed by atoms with E-state index in [4.69, 9.17) is 0 Å². The van der Waals surface area contributed by atoms with Crippen molar-refractivity contribution in [2.45, 2.75) is 46.1 Å². The first kappa shape index (κ1) is 13.2. The largest absolute Gasteiger partial charge is 0.389 e. The van der Waals surface area contributed by atoms with Gasteiger partial charge in [0, 0.05) is 19.8 Å². The van der Waals surface area contributed by atoms with Crippen molar-refractivity contribution in [3.8, 4) is 0 Å². The maximum Gasteiger partial charge on any atom is 0.369 e. The van der Waals surface area contributed by atoms with E-state index in [0.717, 1.165) is 24.0 Å². The fourth-order valence-corrected chi connectivity index (χ4v) is 2.88. The van der Waals surface area contributed by atoms with Crippen molar-refractivity contribution in [1.82, 2.24) is 0 Å². The van der Waals surface area contributed by atoms with Crippen LogP contribution in [0.4, 0.5) is 0 Å². The molecule has 16 heavy (non-hydrogen) atoms. The number of likely N-dealkylation sites (tertiary alicyclic amines) is 1. The van der Waals surface area contributed by atoms with Crippen molar-refractivity contribution in [3.05, 3.63) is 0 Å². The Labute approximate surface area is 97.2 Å². The third-order valence-electron chi connectivity index (χ3n) is 3.72. The van der Waals surface area contributed by atoms with Crippen molar-refractivity contribution in [2.75, 3.05) is 19.6 Å². The summed E-state index contributed by atoms with van der Waals surface area (Å²) in [4.78, 5) is 22.3. The van der Waals surface area contributed by atoms with E-state index in [9.17, 15) is 9.59 Å². The van der Waals surface area contributed by atoms with Crippen LogP contribution in [-0.2, 0) is 14.3 Å². The molecule has 0 spiro atoms. The fourth-order valence-electron chi connectivity index (χ4n) is 2.88. The summed E-state index contributed by atoms with van der Waals surface area (Å²) in [7, 11) is 0. The van der Waals surface area contributed by atoms with Gasteiger partial charge in [0.05, 0.1) is 19.1 Å². The number of likely N-dealkylation sites (N-methyl/N-ethyl adjacent to an activating group) is 1. The summed E-state index contributed by atoms with van der Waals surface area (Å²) in [6.45, 7) is 7.85. The molecule has 2 unspecified atom stereocenters. The van der Waals surface area contributed by atoms with E-state index in [0.29, 0.717) is 12.6 Å². The lowest BCUT2D eigenvalue weighted by Gasteiger charge is -2.37. The smallest absolute Gasteiger partial charge is 0.369 e. The average Bonchev–Trinajstić information content (AvgIpc) is 2.60. The van der Waals surface area contributed by atoms with Gasteiger partial charge in [-0.25, -0.2) is 4.79 Å². The summed E-state index contributed by atoms with van der Waals surface area (Å²) in [5.74, 6) is -0.888. The number of hydrogen-bond acceptors (Lipinski definition) is 3. The van der Waals surface area contributed by atoms with Gasteiger partial charge in [0.15, 0.2) is 6.54 Å². The van der Waals surface area contributed by atoms with Gasteiger partial charge in [0.2, 0.25) is 0 Å². The summed E-state index contributed by atoms with van der Waals surface area (Å²) in [6, 6.07) is 0.546. The minimum atomic E-state index is -0.508. The standard InChI is InChI=1S/C12H22NO3/c1-4-11-7-6-8-13(11,5-2)9-12(15)16-10(3)14/h11H,4-9H2,1-3H3/q+1. The summed E-state index contributed by atoms with van der Waals surface area (Å²) in [5.41, 5.74) is 0. The number of nitrogens with zero attached hydrogens (tertiary/aromatic N) is 1. The Morgan fingerprint density at radius 3 is 2.56 bits per heavy atom. The van der Waals surface area contributed by atoms with E-state index in [2.05, 4.69) is 18.6 Å². The topological polar surface area (TPSA) is 43.4 Å². The molecule has 1 aliphatic heterocycles. The molecule has 0 N–H and O–H groups in total. The number of ether oxygens (including phenoxy) is 1. The average molecular weight is 228 g/mol. The zero-order valence-corrected chi connectivity index (χ0v) is 10.5. The van der Waals surface area contributed by atoms with Gasteiger partial charge in [-0.1, -0.05) is 6.92 Å². The quantitative estimate of drug-likeness (QED) is 0.416. The molecular weight excluding hydrogens is 206 g/mol. The van der Waals surface area contributed by atoms with Crippen LogP contribution in [0, 0.1) is 0 Å². The molecule has 0 saturated carbocycles. The highest BCUT2D eigenvalue weighted by atomic mass is 16.6. The van der Waals surface area contributed by atoms with Crippen LogP contribution in [0.1, 0.15) is 40.0 Å². The maximum absolute atomic E-state index is 11.6. The zero-order valence-electron chi connectivity index (χ0n) is 10.5. The molecule has 0 amide bonds. The number of carbonyl (C=O) groups is 2. The normalized spacial score (nSPS) is 29.1. The Kier molecular flexibility index (Phi) is 4.47. The van der Waals surface area contributed by atoms with Gasteiger partial charge in [0.25, 0.3) is 0 Å². The molecule has 1 rings (SSSR count). The van der Waals surface area contributed by atoms with Gasteiger partial charge < -0.3 is 9.22 Å². The molecule has 0 aromatic heterocycles. The lowest BCUT2D eigenvalue weighted by molar-refractivity contribution is -0.931. The summed E-state index contributed by atoms with van der Waals surface area (Å²) >= 11 is 0. The highest BCUT2D eigenvalue weighted by molar-refractivity contribution is 5.84. The Hall–Kier alpha value is -0.900. The van der Waals surface area contributed by atoms with Crippen LogP contribution < -0.4 is 0 Å². The van der Waals surface area contributed by atoms with Gasteiger partial charge in [-0.3, -0.25) is 4.79 Å². The van der Waals surface area contributed by atoms with E-state index >= 15 is 0 Å². The van der Waals surface area contributed by atoms with Gasteiger partial charge in [-0.2, -0.15) is 0 Å². The minimum absolute atomic E-state index is 0.342. The highest BCUT2D eigenvalue weighted by Crippen LogP contribution is 2.28. The lowest BCUT2D eigenvalue weighted by Crippen LogP contribution is -2.54. The third-order valence-corrected chi connectivity index (χ3v) is 3.72. The predicted octanol–water partition coefficient (Wildman–Crippen LogP) is 1.49. The second-order valence-corrected chi connectivity index (χ2v) is 4.59. The number of rotatable bonds is 4. The molecule has 0 aromatic carbocycles. The van der Waals surface area contributed by atoms with Crippen molar-refractivity contribution in [2.24, 2.45) is 0 Å². The van der Waals surface area contributed by atoms with Crippen molar-refractivity contribution < 1.29 is 18.8 Å². The molecule has 1 saturated heterocycles. The highest BCUT2D eigenvalue weighted by Gasteiger charge is 2.41. The molecule has 0 bridgehead atoms. The van der Waals surface area contributed by atoms with Gasteiger partial charge in [-0.05, 0) is 13.3 Å². The van der Waals surface area contributed by atoms with Gasteiger partial charge in [0.1, 0.15) is 0 Å². The van der Waals surface area contributed by atoms with Crippen LogP contribution in [0.3, 0.4) is 0 Å². The first-order valence-electron chi connectivity index (χ1n) is 6.11. The Bertz CT molecular complexity index is 277. The van der Waals surface area contributed by atoms with E-state index in [1.54, 1.807) is 0 Å². The SMILES string of the molecule is CCC1CCC[N+]1(CC)CC(=O)OC(C)=O. The van der Waals surface area contributed by atoms with Crippen LogP contribution >= 0.6 is 0 Å². The summed E-state index contributed by atoms with van der Waals surface area (Å²) in [5, 5.41) is 0. The molecule has 0 aliphatic carbocycles. The van der Waals surface area contributed by atoms with E-state index in [1.165, 1.54) is 19.8 Å². The number of esters is 2. The van der Waals surface area contributed by atoms with Crippen molar-refractivity contribution >= 4 is 11.9 Å². The minimum Gasteiger partial charge on any atom is -0.389 e. The predicted molar refractivity (Wildman–Crippen MR) is 60.6 cm³/mol. The Morgan fingerprint density at radius 1 is 1.38 bits per heavy atom. The fraction of sp³-hybridized carbons (Fsp3) is 0.833. The summed E-state index contributed by atoms with van der Waals surface area (Å²) in [6.07, 6.45) is 3.43. The monoisotopic (exact) mass is 228 g/mol. The molecule has 0 aromatic rings. The first-order chi connectivity index (χ1) is 7.54. The first-order valence-corrected chi connectivity index (χ1v) is 6.11. The number of carbonyl (C=O) groups excluding carboxylic acids is 2. The lowest BCUT2D eigenvalue weighted by atomic mass is 10.1. The zero-order chi connectivity index (χ0) is 12.2. The Morgan fingerprint density at radius 2 is 2.06 bits per heavy atom. The molecule has 2 atom stereocenters. The number of quaternary nitrogens is 1. The van der Waals surface area contributed by atoms with Crippen molar-refractivity contribution in [3.63, 3.8) is 0 Å². The van der Waals surface area contributed by atoms with Crippen LogP contribution in [0.2, 0.25) is 0 Å². The molecule has 1 heterocycles. The molecule has 1 fully saturated rings. The molecule has 92 valence electrons. The third kappa shape index (κ3) is 2.82. The second kappa shape index (κ2) is 5.43. The van der Waals surface area contributed by atoms with Crippen LogP contribution in [0.25, 0.3) is 0 Å². The van der Waals surface area contributed by atoms with E-state index in [1.807, 2.05) is 0 Å². The van der Waals surface area contributed by atoms with Crippen LogP contribution in [0.15, 0.2) is 0 Å². The molecule has 0 radical (unpaired) electrons. The van der Waals surface area contributed by atoms with Crippen LogP contribution in [0.5, 0.6) is 0 Å². The molecule has 4 heteroatoms. The van der Waals surface area contributed by atoms with Crippen molar-refractivity contribution in [1.29, 1.82) is 0 Å². The number of hydrogen-bond donors (Lipinski definition) is 0. The molecule has 4 nitrogen and oxygen atoms in total. The van der Waals surface area contributed by atoms with Gasteiger partial charge >= 0.3 is 11.9 Å². The maximum atomic E-state index is 11.6. The van der Waals surface area contributed by atoms with E-state index < -0.39 is 5.97 Å². The molecular formula is C12H22NO3+. The van der Waals surface area contributed by atoms with Gasteiger partial charge in [-0.15, -0.1) is 0 Å². The summed E-state index contributed by atoms with van der Waals surface area (Å²) < 4.78 is 5.43.